The second-order valence-corrected chi connectivity index (χ2v) is 9.08. The number of sulfonamides is 1. The Balaban J connectivity index is 1.99. The van der Waals surface area contributed by atoms with Crippen molar-refractivity contribution in [3.63, 3.8) is 0 Å². The van der Waals surface area contributed by atoms with E-state index in [2.05, 4.69) is 9.97 Å². The molecule has 0 fully saturated rings. The van der Waals surface area contributed by atoms with Crippen LogP contribution >= 0.6 is 34.5 Å². The second kappa shape index (κ2) is 5.61. The van der Waals surface area contributed by atoms with E-state index in [4.69, 9.17) is 23.2 Å². The number of aryl methyl sites for hydroxylation is 1. The van der Waals surface area contributed by atoms with E-state index in [0.717, 1.165) is 11.3 Å². The van der Waals surface area contributed by atoms with E-state index in [1.807, 2.05) is 0 Å². The van der Waals surface area contributed by atoms with Crippen LogP contribution in [0, 0.1) is 6.92 Å². The Morgan fingerprint density at radius 2 is 2.14 bits per heavy atom. The molecule has 1 aliphatic rings. The maximum Gasteiger partial charge on any atom is 0.254 e. The average Bonchev–Trinajstić information content (AvgIpc) is 2.78. The number of halogens is 2. The summed E-state index contributed by atoms with van der Waals surface area (Å²) in [5.41, 5.74) is 0.825. The summed E-state index contributed by atoms with van der Waals surface area (Å²) in [5.74, 6) is 0.463. The molecular weight excluding hydrogens is 369 g/mol. The molecule has 0 aliphatic carbocycles. The van der Waals surface area contributed by atoms with Gasteiger partial charge in [0, 0.05) is 12.1 Å². The summed E-state index contributed by atoms with van der Waals surface area (Å²) in [7, 11) is -3.70. The molecule has 2 aromatic rings. The fraction of sp³-hybridized carbons (Fsp3) is 0.333. The minimum atomic E-state index is -3.70. The van der Waals surface area contributed by atoms with Gasteiger partial charge in [0.1, 0.15) is 14.4 Å². The summed E-state index contributed by atoms with van der Waals surface area (Å²) in [6.45, 7) is 1.94. The number of aromatic amines is 1. The molecule has 0 aromatic carbocycles. The Labute approximate surface area is 140 Å². The Kier molecular flexibility index (Phi) is 4.07. The monoisotopic (exact) mass is 379 g/mol. The molecular formula is C12H11Cl2N3O3S2. The fourth-order valence-electron chi connectivity index (χ4n) is 2.33. The molecule has 0 bridgehead atoms. The number of H-pyrrole nitrogens is 1. The lowest BCUT2D eigenvalue weighted by Gasteiger charge is -2.26. The van der Waals surface area contributed by atoms with E-state index in [1.54, 1.807) is 6.92 Å². The van der Waals surface area contributed by atoms with Gasteiger partial charge in [-0.3, -0.25) is 4.79 Å². The summed E-state index contributed by atoms with van der Waals surface area (Å²) in [4.78, 5) is 18.7. The second-order valence-electron chi connectivity index (χ2n) is 4.85. The highest BCUT2D eigenvalue weighted by Crippen LogP contribution is 2.36. The van der Waals surface area contributed by atoms with E-state index in [9.17, 15) is 13.2 Å². The quantitative estimate of drug-likeness (QED) is 0.866. The molecule has 0 saturated carbocycles. The number of fused-ring (bicyclic) bond motifs is 1. The summed E-state index contributed by atoms with van der Waals surface area (Å²) in [5, 5.41) is 0.216. The highest BCUT2D eigenvalue weighted by atomic mass is 35.5. The van der Waals surface area contributed by atoms with Crippen molar-refractivity contribution < 1.29 is 8.42 Å². The number of nitrogens with one attached hydrogen (secondary N) is 1. The summed E-state index contributed by atoms with van der Waals surface area (Å²) in [6, 6.07) is 1.34. The lowest BCUT2D eigenvalue weighted by molar-refractivity contribution is 0.384. The van der Waals surface area contributed by atoms with Gasteiger partial charge in [-0.25, -0.2) is 13.4 Å². The summed E-state index contributed by atoms with van der Waals surface area (Å²) >= 11 is 12.6. The standard InChI is InChI=1S/C12H11Cl2N3O3S2/c1-6-15-9-5-17(3-2-7(9)12(18)16-6)22(19,20)10-4-8(13)11(14)21-10/h4H,2-3,5H2,1H3,(H,15,16,18). The van der Waals surface area contributed by atoms with Crippen LogP contribution in [0.2, 0.25) is 9.36 Å². The van der Waals surface area contributed by atoms with Gasteiger partial charge >= 0.3 is 0 Å². The highest BCUT2D eigenvalue weighted by molar-refractivity contribution is 7.91. The minimum Gasteiger partial charge on any atom is -0.311 e. The zero-order valence-electron chi connectivity index (χ0n) is 11.4. The first-order valence-electron chi connectivity index (χ1n) is 6.32. The molecule has 118 valence electrons. The van der Waals surface area contributed by atoms with Gasteiger partial charge in [0.2, 0.25) is 0 Å². The Hall–Kier alpha value is -0.930. The van der Waals surface area contributed by atoms with Crippen molar-refractivity contribution in [3.05, 3.63) is 42.9 Å². The molecule has 0 saturated heterocycles. The summed E-state index contributed by atoms with van der Waals surface area (Å²) < 4.78 is 26.9. The molecule has 1 aliphatic heterocycles. The van der Waals surface area contributed by atoms with Gasteiger partial charge in [0.15, 0.2) is 0 Å². The maximum absolute atomic E-state index is 12.6. The van der Waals surface area contributed by atoms with Crippen LogP contribution in [0.5, 0.6) is 0 Å². The summed E-state index contributed by atoms with van der Waals surface area (Å²) in [6.07, 6.45) is 0.323. The Morgan fingerprint density at radius 3 is 2.77 bits per heavy atom. The molecule has 3 heterocycles. The average molecular weight is 380 g/mol. The van der Waals surface area contributed by atoms with Crippen LogP contribution in [-0.2, 0) is 23.0 Å². The van der Waals surface area contributed by atoms with Gasteiger partial charge < -0.3 is 4.98 Å². The predicted molar refractivity (Wildman–Crippen MR) is 85.2 cm³/mol. The zero-order valence-corrected chi connectivity index (χ0v) is 14.5. The number of hydrogen-bond donors (Lipinski definition) is 1. The molecule has 0 atom stereocenters. The van der Waals surface area contributed by atoms with Crippen LogP contribution in [-0.4, -0.2) is 29.2 Å². The first-order valence-corrected chi connectivity index (χ1v) is 9.34. The van der Waals surface area contributed by atoms with E-state index in [1.165, 1.54) is 10.4 Å². The Morgan fingerprint density at radius 1 is 1.41 bits per heavy atom. The van der Waals surface area contributed by atoms with Crippen LogP contribution in [0.15, 0.2) is 15.1 Å². The fourth-order valence-corrected chi connectivity index (χ4v) is 5.76. The highest BCUT2D eigenvalue weighted by Gasteiger charge is 2.32. The third-order valence-corrected chi connectivity index (χ3v) is 7.53. The zero-order chi connectivity index (χ0) is 16.1. The first kappa shape index (κ1) is 15.9. The maximum atomic E-state index is 12.6. The van der Waals surface area contributed by atoms with Gasteiger partial charge in [0.25, 0.3) is 15.6 Å². The van der Waals surface area contributed by atoms with Gasteiger partial charge in [-0.15, -0.1) is 11.3 Å². The van der Waals surface area contributed by atoms with E-state index in [-0.39, 0.29) is 32.2 Å². The van der Waals surface area contributed by atoms with E-state index < -0.39 is 10.0 Å². The van der Waals surface area contributed by atoms with Crippen LogP contribution in [0.25, 0.3) is 0 Å². The largest absolute Gasteiger partial charge is 0.311 e. The SMILES string of the molecule is Cc1nc2c(c(=O)[nH]1)CCN(S(=O)(=O)c1cc(Cl)c(Cl)s1)C2. The molecule has 2 aromatic heterocycles. The molecule has 0 amide bonds. The lowest BCUT2D eigenvalue weighted by atomic mass is 10.1. The van der Waals surface area contributed by atoms with Gasteiger partial charge in [-0.2, -0.15) is 4.31 Å². The van der Waals surface area contributed by atoms with Gasteiger partial charge in [-0.05, 0) is 19.4 Å². The molecule has 0 radical (unpaired) electrons. The van der Waals surface area contributed by atoms with Crippen molar-refractivity contribution in [2.75, 3.05) is 6.54 Å². The van der Waals surface area contributed by atoms with E-state index >= 15 is 0 Å². The smallest absolute Gasteiger partial charge is 0.254 e. The number of thiophene rings is 1. The van der Waals surface area contributed by atoms with Crippen molar-refractivity contribution in [1.29, 1.82) is 0 Å². The molecule has 0 spiro atoms. The van der Waals surface area contributed by atoms with E-state index in [0.29, 0.717) is 23.5 Å². The Bertz CT molecular complexity index is 885. The third kappa shape index (κ3) is 2.69. The predicted octanol–water partition coefficient (Wildman–Crippen LogP) is 2.19. The third-order valence-electron chi connectivity index (χ3n) is 3.37. The molecule has 0 unspecified atom stereocenters. The van der Waals surface area contributed by atoms with Crippen LogP contribution in [0.3, 0.4) is 0 Å². The number of nitrogens with zero attached hydrogens (tertiary/aromatic N) is 2. The number of hydrogen-bond acceptors (Lipinski definition) is 5. The topological polar surface area (TPSA) is 83.1 Å². The molecule has 22 heavy (non-hydrogen) atoms. The van der Waals surface area contributed by atoms with Crippen molar-refractivity contribution in [2.24, 2.45) is 0 Å². The van der Waals surface area contributed by atoms with Gasteiger partial charge in [-0.1, -0.05) is 23.2 Å². The number of rotatable bonds is 2. The lowest BCUT2D eigenvalue weighted by Crippen LogP contribution is -2.39. The molecule has 6 nitrogen and oxygen atoms in total. The van der Waals surface area contributed by atoms with Crippen molar-refractivity contribution >= 4 is 44.6 Å². The molecule has 1 N–H and O–H groups in total. The first-order chi connectivity index (χ1) is 10.3. The normalized spacial score (nSPS) is 15.8. The molecule has 3 rings (SSSR count). The van der Waals surface area contributed by atoms with Crippen molar-refractivity contribution in [2.45, 2.75) is 24.1 Å². The van der Waals surface area contributed by atoms with Crippen LogP contribution in [0.4, 0.5) is 0 Å². The van der Waals surface area contributed by atoms with Crippen LogP contribution < -0.4 is 5.56 Å². The van der Waals surface area contributed by atoms with Crippen molar-refractivity contribution in [1.82, 2.24) is 14.3 Å². The minimum absolute atomic E-state index is 0.0650. The van der Waals surface area contributed by atoms with Crippen molar-refractivity contribution in [3.8, 4) is 0 Å². The van der Waals surface area contributed by atoms with Gasteiger partial charge in [0.05, 0.1) is 17.3 Å². The van der Waals surface area contributed by atoms with Crippen LogP contribution in [0.1, 0.15) is 17.1 Å². The number of aromatic nitrogens is 2. The molecule has 10 heteroatoms.